The Morgan fingerprint density at radius 3 is 1.76 bits per heavy atom. The molecule has 0 atom stereocenters. The molecule has 0 amide bonds. The molecule has 4 heteroatoms. The third kappa shape index (κ3) is 3.29. The molecule has 0 radical (unpaired) electrons. The van der Waals surface area contributed by atoms with E-state index in [2.05, 4.69) is 124 Å². The van der Waals surface area contributed by atoms with Gasteiger partial charge in [0.1, 0.15) is 0 Å². The predicted octanol–water partition coefficient (Wildman–Crippen LogP) is 9.49. The fraction of sp³-hybridized carbons (Fsp3) is 0. The minimum Gasteiger partial charge on any atom is -0.309 e. The quantitative estimate of drug-likeness (QED) is 0.225. The molecular formula is C38H24N4. The van der Waals surface area contributed by atoms with Gasteiger partial charge in [-0.3, -0.25) is 4.57 Å². The summed E-state index contributed by atoms with van der Waals surface area (Å²) in [6.45, 7) is 0. The number of hydrogen-bond donors (Lipinski definition) is 0. The van der Waals surface area contributed by atoms with Crippen molar-refractivity contribution in [3.63, 3.8) is 0 Å². The Labute approximate surface area is 241 Å². The lowest BCUT2D eigenvalue weighted by molar-refractivity contribution is 0.992. The van der Waals surface area contributed by atoms with E-state index in [1.54, 1.807) is 0 Å². The van der Waals surface area contributed by atoms with Gasteiger partial charge in [-0.1, -0.05) is 97.1 Å². The second-order valence-electron chi connectivity index (χ2n) is 10.7. The van der Waals surface area contributed by atoms with Crippen molar-refractivity contribution in [2.45, 2.75) is 0 Å². The maximum Gasteiger partial charge on any atom is 0.234 e. The van der Waals surface area contributed by atoms with Crippen molar-refractivity contribution in [2.75, 3.05) is 0 Å². The molecule has 9 rings (SSSR count). The number of fused-ring (bicyclic) bond motifs is 8. The summed E-state index contributed by atoms with van der Waals surface area (Å²) in [7, 11) is 0. The number of benzene rings is 6. The summed E-state index contributed by atoms with van der Waals surface area (Å²) in [4.78, 5) is 9.83. The first-order valence-corrected chi connectivity index (χ1v) is 14.2. The molecule has 0 aliphatic carbocycles. The number of hydrogen-bond acceptors (Lipinski definition) is 2. The SMILES string of the molecule is c1ccc(-c2cnc(-n3c4ccccc4c4ccc5cc6c7ccccc7n(-c7ccccc7)c6cc5c43)nc2)cc1. The predicted molar refractivity (Wildman–Crippen MR) is 174 cm³/mol. The zero-order valence-electron chi connectivity index (χ0n) is 22.6. The van der Waals surface area contributed by atoms with Crippen LogP contribution in [0.3, 0.4) is 0 Å². The molecule has 196 valence electrons. The van der Waals surface area contributed by atoms with E-state index in [0.717, 1.165) is 27.8 Å². The maximum atomic E-state index is 4.91. The molecular weight excluding hydrogens is 512 g/mol. The van der Waals surface area contributed by atoms with Crippen molar-refractivity contribution in [1.29, 1.82) is 0 Å². The Hall–Kier alpha value is -5.74. The lowest BCUT2D eigenvalue weighted by atomic mass is 10.0. The van der Waals surface area contributed by atoms with Crippen LogP contribution in [0.25, 0.3) is 77.1 Å². The molecule has 0 bridgehead atoms. The van der Waals surface area contributed by atoms with E-state index in [0.29, 0.717) is 5.95 Å². The van der Waals surface area contributed by atoms with Gasteiger partial charge >= 0.3 is 0 Å². The van der Waals surface area contributed by atoms with Crippen molar-refractivity contribution in [2.24, 2.45) is 0 Å². The summed E-state index contributed by atoms with van der Waals surface area (Å²) in [5.41, 5.74) is 7.84. The highest BCUT2D eigenvalue weighted by molar-refractivity contribution is 6.22. The van der Waals surface area contributed by atoms with E-state index in [9.17, 15) is 0 Å². The number of aromatic nitrogens is 4. The summed E-state index contributed by atoms with van der Waals surface area (Å²) < 4.78 is 4.60. The van der Waals surface area contributed by atoms with E-state index in [1.807, 2.05) is 30.6 Å². The van der Waals surface area contributed by atoms with Crippen LogP contribution in [0.15, 0.2) is 146 Å². The summed E-state index contributed by atoms with van der Waals surface area (Å²) in [6.07, 6.45) is 3.85. The molecule has 0 aliphatic heterocycles. The van der Waals surface area contributed by atoms with Gasteiger partial charge in [0, 0.05) is 50.6 Å². The largest absolute Gasteiger partial charge is 0.309 e. The van der Waals surface area contributed by atoms with Crippen LogP contribution < -0.4 is 0 Å². The highest BCUT2D eigenvalue weighted by Crippen LogP contribution is 2.40. The summed E-state index contributed by atoms with van der Waals surface area (Å²) >= 11 is 0. The van der Waals surface area contributed by atoms with E-state index in [-0.39, 0.29) is 0 Å². The molecule has 0 N–H and O–H groups in total. The zero-order valence-corrected chi connectivity index (χ0v) is 22.6. The van der Waals surface area contributed by atoms with Gasteiger partial charge in [0.05, 0.1) is 22.1 Å². The minimum atomic E-state index is 0.664. The first-order chi connectivity index (χ1) is 20.8. The Balaban J connectivity index is 1.39. The van der Waals surface area contributed by atoms with Crippen molar-refractivity contribution >= 4 is 54.4 Å². The molecule has 9 aromatic rings. The Bertz CT molecular complexity index is 2430. The van der Waals surface area contributed by atoms with Gasteiger partial charge in [0.2, 0.25) is 5.95 Å². The van der Waals surface area contributed by atoms with Gasteiger partial charge in [0.15, 0.2) is 0 Å². The first-order valence-electron chi connectivity index (χ1n) is 14.2. The highest BCUT2D eigenvalue weighted by atomic mass is 15.1. The van der Waals surface area contributed by atoms with Crippen molar-refractivity contribution in [3.8, 4) is 22.8 Å². The van der Waals surface area contributed by atoms with Crippen LogP contribution >= 0.6 is 0 Å². The minimum absolute atomic E-state index is 0.664. The summed E-state index contributed by atoms with van der Waals surface area (Å²) in [6, 6.07) is 47.3. The Morgan fingerprint density at radius 1 is 0.405 bits per heavy atom. The van der Waals surface area contributed by atoms with Crippen molar-refractivity contribution in [1.82, 2.24) is 19.1 Å². The van der Waals surface area contributed by atoms with Crippen LogP contribution in [-0.4, -0.2) is 19.1 Å². The first kappa shape index (κ1) is 23.0. The monoisotopic (exact) mass is 536 g/mol. The zero-order chi connectivity index (χ0) is 27.6. The molecule has 0 fully saturated rings. The molecule has 4 nitrogen and oxygen atoms in total. The van der Waals surface area contributed by atoms with Crippen molar-refractivity contribution < 1.29 is 0 Å². The molecule has 0 aliphatic rings. The van der Waals surface area contributed by atoms with Gasteiger partial charge < -0.3 is 4.57 Å². The van der Waals surface area contributed by atoms with E-state index in [1.165, 1.54) is 43.4 Å². The van der Waals surface area contributed by atoms with Gasteiger partial charge in [-0.25, -0.2) is 9.97 Å². The maximum absolute atomic E-state index is 4.91. The standard InChI is InChI=1S/C38H24N4/c1-3-11-25(12-4-1)27-23-39-38(40-24-27)42-35-18-10-7-15-29(35)31-20-19-26-21-33-30-16-8-9-17-34(30)41(28-13-5-2-6-14-28)36(33)22-32(26)37(31)42/h1-24H. The van der Waals surface area contributed by atoms with E-state index in [4.69, 9.17) is 9.97 Å². The molecule has 3 aromatic heterocycles. The van der Waals surface area contributed by atoms with Crippen LogP contribution in [0.2, 0.25) is 0 Å². The fourth-order valence-electron chi connectivity index (χ4n) is 6.53. The van der Waals surface area contributed by atoms with Crippen LogP contribution in [0.5, 0.6) is 0 Å². The van der Waals surface area contributed by atoms with E-state index >= 15 is 0 Å². The molecule has 6 aromatic carbocycles. The highest BCUT2D eigenvalue weighted by Gasteiger charge is 2.19. The van der Waals surface area contributed by atoms with Crippen LogP contribution in [-0.2, 0) is 0 Å². The molecule has 0 spiro atoms. The average Bonchev–Trinajstić information content (AvgIpc) is 3.57. The van der Waals surface area contributed by atoms with Gasteiger partial charge in [-0.2, -0.15) is 0 Å². The Morgan fingerprint density at radius 2 is 1.02 bits per heavy atom. The lowest BCUT2D eigenvalue weighted by Crippen LogP contribution is -2.01. The van der Waals surface area contributed by atoms with Gasteiger partial charge in [-0.15, -0.1) is 0 Å². The number of rotatable bonds is 3. The molecule has 0 unspecified atom stereocenters. The van der Waals surface area contributed by atoms with Crippen molar-refractivity contribution in [3.05, 3.63) is 146 Å². The van der Waals surface area contributed by atoms with Gasteiger partial charge in [0.25, 0.3) is 0 Å². The summed E-state index contributed by atoms with van der Waals surface area (Å²) in [5.74, 6) is 0.664. The lowest BCUT2D eigenvalue weighted by Gasteiger charge is -2.11. The average molecular weight is 537 g/mol. The van der Waals surface area contributed by atoms with Crippen LogP contribution in [0.4, 0.5) is 0 Å². The molecule has 42 heavy (non-hydrogen) atoms. The van der Waals surface area contributed by atoms with Crippen LogP contribution in [0, 0.1) is 0 Å². The third-order valence-electron chi connectivity index (χ3n) is 8.40. The fourth-order valence-corrected chi connectivity index (χ4v) is 6.53. The number of para-hydroxylation sites is 3. The second kappa shape index (κ2) is 8.88. The van der Waals surface area contributed by atoms with Gasteiger partial charge in [-0.05, 0) is 47.3 Å². The van der Waals surface area contributed by atoms with E-state index < -0.39 is 0 Å². The number of nitrogens with zero attached hydrogens (tertiary/aromatic N) is 4. The molecule has 0 saturated carbocycles. The Kier molecular flexibility index (Phi) is 4.87. The third-order valence-corrected chi connectivity index (χ3v) is 8.40. The molecule has 3 heterocycles. The smallest absolute Gasteiger partial charge is 0.234 e. The second-order valence-corrected chi connectivity index (χ2v) is 10.7. The topological polar surface area (TPSA) is 35.6 Å². The normalized spacial score (nSPS) is 11.8. The summed E-state index contributed by atoms with van der Waals surface area (Å²) in [5, 5.41) is 7.23. The van der Waals surface area contributed by atoms with Crippen LogP contribution in [0.1, 0.15) is 0 Å². The molecule has 0 saturated heterocycles.